The minimum atomic E-state index is -2.81. The average molecular weight is 312 g/mol. The lowest BCUT2D eigenvalue weighted by Gasteiger charge is -2.14. The minimum absolute atomic E-state index is 0.0999. The summed E-state index contributed by atoms with van der Waals surface area (Å²) in [4.78, 5) is 8.54. The number of thiazole rings is 1. The first-order valence-electron chi connectivity index (χ1n) is 7.53. The first-order valence-corrected chi connectivity index (χ1v) is 10.1. The molecule has 20 heavy (non-hydrogen) atoms. The van der Waals surface area contributed by atoms with Gasteiger partial charge in [-0.05, 0) is 38.0 Å². The van der Waals surface area contributed by atoms with E-state index in [4.69, 9.17) is 4.98 Å². The Morgan fingerprint density at radius 2 is 2.10 bits per heavy atom. The number of rotatable bonds is 2. The van der Waals surface area contributed by atoms with Gasteiger partial charge in [0, 0.05) is 18.0 Å². The SMILES string of the molecule is O=S1(=O)CC[C@H]2CN(Cc3nc4c(s3)CCCC4)C[C@H]21. The zero-order valence-electron chi connectivity index (χ0n) is 11.5. The number of fused-ring (bicyclic) bond motifs is 2. The highest BCUT2D eigenvalue weighted by Gasteiger charge is 2.46. The van der Waals surface area contributed by atoms with Crippen molar-refractivity contribution >= 4 is 21.2 Å². The van der Waals surface area contributed by atoms with Gasteiger partial charge in [0.15, 0.2) is 9.84 Å². The smallest absolute Gasteiger partial charge is 0.154 e. The van der Waals surface area contributed by atoms with E-state index < -0.39 is 9.84 Å². The summed E-state index contributed by atoms with van der Waals surface area (Å²) in [7, 11) is -2.81. The van der Waals surface area contributed by atoms with Crippen LogP contribution < -0.4 is 0 Å². The lowest BCUT2D eigenvalue weighted by atomic mass is 10.0. The van der Waals surface area contributed by atoms with Gasteiger partial charge >= 0.3 is 0 Å². The quantitative estimate of drug-likeness (QED) is 0.833. The van der Waals surface area contributed by atoms with Crippen LogP contribution in [0.4, 0.5) is 0 Å². The molecule has 1 aromatic rings. The van der Waals surface area contributed by atoms with E-state index in [1.54, 1.807) is 0 Å². The molecule has 4 nitrogen and oxygen atoms in total. The second-order valence-electron chi connectivity index (χ2n) is 6.33. The van der Waals surface area contributed by atoms with Crippen LogP contribution in [0.5, 0.6) is 0 Å². The predicted molar refractivity (Wildman–Crippen MR) is 79.7 cm³/mol. The van der Waals surface area contributed by atoms with E-state index in [0.29, 0.717) is 11.7 Å². The molecular formula is C14H20N2O2S2. The Labute approximate surface area is 124 Å². The molecule has 4 rings (SSSR count). The zero-order chi connectivity index (χ0) is 13.7. The third-order valence-electron chi connectivity index (χ3n) is 4.94. The molecular weight excluding hydrogens is 292 g/mol. The molecule has 1 aliphatic carbocycles. The van der Waals surface area contributed by atoms with Crippen LogP contribution in [0.1, 0.15) is 34.8 Å². The van der Waals surface area contributed by atoms with E-state index in [2.05, 4.69) is 4.90 Å². The molecule has 110 valence electrons. The van der Waals surface area contributed by atoms with Crippen molar-refractivity contribution in [1.82, 2.24) is 9.88 Å². The van der Waals surface area contributed by atoms with Gasteiger partial charge < -0.3 is 0 Å². The molecule has 0 bridgehead atoms. The van der Waals surface area contributed by atoms with E-state index >= 15 is 0 Å². The Hall–Kier alpha value is -0.460. The van der Waals surface area contributed by atoms with Gasteiger partial charge in [-0.3, -0.25) is 4.90 Å². The summed E-state index contributed by atoms with van der Waals surface area (Å²) < 4.78 is 23.9. The maximum absolute atomic E-state index is 12.0. The second kappa shape index (κ2) is 4.78. The molecule has 2 aliphatic heterocycles. The number of aryl methyl sites for hydroxylation is 2. The Balaban J connectivity index is 1.47. The van der Waals surface area contributed by atoms with Gasteiger partial charge in [0.2, 0.25) is 0 Å². The molecule has 0 aromatic carbocycles. The highest BCUT2D eigenvalue weighted by atomic mass is 32.2. The van der Waals surface area contributed by atoms with Gasteiger partial charge in [-0.2, -0.15) is 0 Å². The molecule has 2 saturated heterocycles. The van der Waals surface area contributed by atoms with Crippen LogP contribution in [0.2, 0.25) is 0 Å². The number of likely N-dealkylation sites (tertiary alicyclic amines) is 1. The third-order valence-corrected chi connectivity index (χ3v) is 8.34. The first kappa shape index (κ1) is 13.2. The third kappa shape index (κ3) is 2.22. The van der Waals surface area contributed by atoms with Crippen molar-refractivity contribution in [3.8, 4) is 0 Å². The van der Waals surface area contributed by atoms with Crippen molar-refractivity contribution in [1.29, 1.82) is 0 Å². The average Bonchev–Trinajstić information content (AvgIpc) is 3.05. The van der Waals surface area contributed by atoms with Crippen LogP contribution in [0, 0.1) is 5.92 Å². The number of nitrogens with zero attached hydrogens (tertiary/aromatic N) is 2. The van der Waals surface area contributed by atoms with E-state index in [1.165, 1.54) is 34.8 Å². The lowest BCUT2D eigenvalue weighted by Crippen LogP contribution is -2.26. The molecule has 0 unspecified atom stereocenters. The minimum Gasteiger partial charge on any atom is -0.295 e. The number of hydrogen-bond acceptors (Lipinski definition) is 5. The molecule has 3 heterocycles. The van der Waals surface area contributed by atoms with Gasteiger partial charge in [-0.15, -0.1) is 11.3 Å². The van der Waals surface area contributed by atoms with E-state index in [-0.39, 0.29) is 5.25 Å². The van der Waals surface area contributed by atoms with Crippen molar-refractivity contribution in [2.24, 2.45) is 5.92 Å². The van der Waals surface area contributed by atoms with E-state index in [9.17, 15) is 8.42 Å². The first-order chi connectivity index (χ1) is 9.62. The standard InChI is InChI=1S/C14H20N2O2S2/c17-20(18)6-5-10-7-16(8-13(10)20)9-14-15-11-3-1-2-4-12(11)19-14/h10,13H,1-9H2/t10-,13+/m0/s1. The fraction of sp³-hybridized carbons (Fsp3) is 0.786. The van der Waals surface area contributed by atoms with Crippen LogP contribution in [-0.4, -0.2) is 42.4 Å². The molecule has 2 fully saturated rings. The summed E-state index contributed by atoms with van der Waals surface area (Å²) in [6.07, 6.45) is 5.74. The molecule has 2 atom stereocenters. The number of sulfone groups is 1. The Morgan fingerprint density at radius 3 is 2.90 bits per heavy atom. The van der Waals surface area contributed by atoms with Gasteiger partial charge in [0.1, 0.15) is 5.01 Å². The molecule has 0 radical (unpaired) electrons. The summed E-state index contributed by atoms with van der Waals surface area (Å²) in [6.45, 7) is 2.51. The second-order valence-corrected chi connectivity index (χ2v) is 9.84. The summed E-state index contributed by atoms with van der Waals surface area (Å²) >= 11 is 1.85. The molecule has 0 spiro atoms. The summed E-state index contributed by atoms with van der Waals surface area (Å²) in [5, 5.41) is 1.09. The predicted octanol–water partition coefficient (Wildman–Crippen LogP) is 1.64. The molecule has 0 saturated carbocycles. The summed E-state index contributed by atoms with van der Waals surface area (Å²) in [5.74, 6) is 0.774. The monoisotopic (exact) mass is 312 g/mol. The van der Waals surface area contributed by atoms with E-state index in [1.807, 2.05) is 11.3 Å². The van der Waals surface area contributed by atoms with Crippen LogP contribution in [0.15, 0.2) is 0 Å². The summed E-state index contributed by atoms with van der Waals surface area (Å²) in [6, 6.07) is 0. The fourth-order valence-corrected chi connectivity index (χ4v) is 7.25. The fourth-order valence-electron chi connectivity index (χ4n) is 3.87. The van der Waals surface area contributed by atoms with Crippen molar-refractivity contribution in [3.63, 3.8) is 0 Å². The number of hydrogen-bond donors (Lipinski definition) is 0. The van der Waals surface area contributed by atoms with Crippen LogP contribution in [-0.2, 0) is 29.2 Å². The van der Waals surface area contributed by atoms with Gasteiger partial charge in [-0.1, -0.05) is 0 Å². The molecule has 1 aromatic heterocycles. The highest BCUT2D eigenvalue weighted by Crippen LogP contribution is 2.35. The van der Waals surface area contributed by atoms with Crippen molar-refractivity contribution in [2.75, 3.05) is 18.8 Å². The molecule has 0 amide bonds. The Morgan fingerprint density at radius 1 is 1.25 bits per heavy atom. The van der Waals surface area contributed by atoms with Crippen LogP contribution in [0.3, 0.4) is 0 Å². The largest absolute Gasteiger partial charge is 0.295 e. The maximum Gasteiger partial charge on any atom is 0.154 e. The molecule has 3 aliphatic rings. The maximum atomic E-state index is 12.0. The molecule has 6 heteroatoms. The topological polar surface area (TPSA) is 50.3 Å². The number of aromatic nitrogens is 1. The van der Waals surface area contributed by atoms with Crippen LogP contribution >= 0.6 is 11.3 Å². The van der Waals surface area contributed by atoms with Gasteiger partial charge in [0.05, 0.1) is 23.2 Å². The molecule has 0 N–H and O–H groups in total. The summed E-state index contributed by atoms with van der Waals surface area (Å²) in [5.41, 5.74) is 1.31. The van der Waals surface area contributed by atoms with Crippen molar-refractivity contribution in [2.45, 2.75) is 43.9 Å². The Kier molecular flexibility index (Phi) is 3.16. The van der Waals surface area contributed by atoms with Crippen molar-refractivity contribution in [3.05, 3.63) is 15.6 Å². The zero-order valence-corrected chi connectivity index (χ0v) is 13.2. The normalized spacial score (nSPS) is 32.2. The van der Waals surface area contributed by atoms with E-state index in [0.717, 1.165) is 32.5 Å². The van der Waals surface area contributed by atoms with Gasteiger partial charge in [0.25, 0.3) is 0 Å². The van der Waals surface area contributed by atoms with Crippen LogP contribution in [0.25, 0.3) is 0 Å². The Bertz CT molecular complexity index is 600. The van der Waals surface area contributed by atoms with Gasteiger partial charge in [-0.25, -0.2) is 13.4 Å². The lowest BCUT2D eigenvalue weighted by molar-refractivity contribution is 0.313. The highest BCUT2D eigenvalue weighted by molar-refractivity contribution is 7.92. The van der Waals surface area contributed by atoms with Crippen molar-refractivity contribution < 1.29 is 8.42 Å².